The minimum Gasteiger partial charge on any atom is -0.493 e. The molecule has 150 valence electrons. The lowest BCUT2D eigenvalue weighted by Gasteiger charge is -2.35. The second kappa shape index (κ2) is 9.63. The summed E-state index contributed by atoms with van der Waals surface area (Å²) in [6.45, 7) is 2.96. The minimum atomic E-state index is 0.233. The van der Waals surface area contributed by atoms with Gasteiger partial charge in [0.15, 0.2) is 11.5 Å². The zero-order chi connectivity index (χ0) is 19.9. The Morgan fingerprint density at radius 3 is 2.57 bits per heavy atom. The third kappa shape index (κ3) is 4.49. The highest BCUT2D eigenvalue weighted by Crippen LogP contribution is 2.32. The van der Waals surface area contributed by atoms with Gasteiger partial charge >= 0.3 is 0 Å². The largest absolute Gasteiger partial charge is 0.493 e. The van der Waals surface area contributed by atoms with Gasteiger partial charge in [-0.2, -0.15) is 0 Å². The van der Waals surface area contributed by atoms with Crippen molar-refractivity contribution in [2.45, 2.75) is 51.5 Å². The topological polar surface area (TPSA) is 38.8 Å². The molecule has 3 rings (SSSR count). The first-order valence-electron chi connectivity index (χ1n) is 10.2. The number of para-hydroxylation sites is 1. The van der Waals surface area contributed by atoms with Crippen molar-refractivity contribution in [2.75, 3.05) is 20.8 Å². The Morgan fingerprint density at radius 1 is 1.07 bits per heavy atom. The highest BCUT2D eigenvalue weighted by molar-refractivity contribution is 5.77. The first kappa shape index (κ1) is 20.2. The van der Waals surface area contributed by atoms with Crippen LogP contribution in [0.2, 0.25) is 0 Å². The van der Waals surface area contributed by atoms with E-state index in [0.29, 0.717) is 24.6 Å². The van der Waals surface area contributed by atoms with Crippen molar-refractivity contribution in [3.05, 3.63) is 59.2 Å². The van der Waals surface area contributed by atoms with Crippen LogP contribution in [0.1, 0.15) is 42.9 Å². The summed E-state index contributed by atoms with van der Waals surface area (Å²) in [6, 6.07) is 14.8. The molecule has 0 aromatic heterocycles. The molecular formula is C24H31NO3. The van der Waals surface area contributed by atoms with Crippen LogP contribution in [0.3, 0.4) is 0 Å². The zero-order valence-electron chi connectivity index (χ0n) is 17.2. The van der Waals surface area contributed by atoms with E-state index in [1.807, 2.05) is 18.2 Å². The van der Waals surface area contributed by atoms with E-state index in [2.05, 4.69) is 36.1 Å². The van der Waals surface area contributed by atoms with Crippen LogP contribution in [-0.4, -0.2) is 37.6 Å². The number of carbonyl (C=O) groups excluding carboxylic acids is 1. The predicted octanol–water partition coefficient (Wildman–Crippen LogP) is 4.43. The molecule has 1 unspecified atom stereocenters. The number of hydrogen-bond donors (Lipinski definition) is 0. The number of benzene rings is 2. The molecule has 0 radical (unpaired) electrons. The molecule has 0 spiro atoms. The summed E-state index contributed by atoms with van der Waals surface area (Å²) in [6.07, 6.45) is 5.18. The smallest absolute Gasteiger partial charge is 0.223 e. The van der Waals surface area contributed by atoms with E-state index >= 15 is 0 Å². The van der Waals surface area contributed by atoms with Gasteiger partial charge < -0.3 is 14.4 Å². The van der Waals surface area contributed by atoms with Gasteiger partial charge in [0, 0.05) is 19.0 Å². The van der Waals surface area contributed by atoms with Gasteiger partial charge in [-0.1, -0.05) is 43.3 Å². The van der Waals surface area contributed by atoms with E-state index in [9.17, 15) is 4.79 Å². The molecule has 4 heteroatoms. The van der Waals surface area contributed by atoms with E-state index < -0.39 is 0 Å². The Bertz CT molecular complexity index is 802. The summed E-state index contributed by atoms with van der Waals surface area (Å²) in [7, 11) is 3.28. The van der Waals surface area contributed by atoms with Crippen LogP contribution in [0.4, 0.5) is 0 Å². The first-order chi connectivity index (χ1) is 13.7. The summed E-state index contributed by atoms with van der Waals surface area (Å²) in [5.74, 6) is 1.67. The second-order valence-corrected chi connectivity index (χ2v) is 7.41. The zero-order valence-corrected chi connectivity index (χ0v) is 17.2. The SMILES string of the molecule is CCCN(C(=O)CCc1cccc(OC)c1OC)C1CCc2ccccc2C1. The molecule has 4 nitrogen and oxygen atoms in total. The van der Waals surface area contributed by atoms with Gasteiger partial charge in [0.05, 0.1) is 14.2 Å². The fraction of sp³-hybridized carbons (Fsp3) is 0.458. The average Bonchev–Trinajstić information content (AvgIpc) is 2.75. The molecule has 0 N–H and O–H groups in total. The van der Waals surface area contributed by atoms with Crippen LogP contribution in [-0.2, 0) is 24.1 Å². The lowest BCUT2D eigenvalue weighted by Crippen LogP contribution is -2.44. The minimum absolute atomic E-state index is 0.233. The van der Waals surface area contributed by atoms with Crippen molar-refractivity contribution >= 4 is 5.91 Å². The number of carbonyl (C=O) groups is 1. The molecule has 1 aliphatic rings. The van der Waals surface area contributed by atoms with Gasteiger partial charge in [-0.3, -0.25) is 4.79 Å². The summed E-state index contributed by atoms with van der Waals surface area (Å²) < 4.78 is 10.9. The quantitative estimate of drug-likeness (QED) is 0.679. The van der Waals surface area contributed by atoms with E-state index in [1.54, 1.807) is 14.2 Å². The molecule has 2 aromatic carbocycles. The number of rotatable bonds is 8. The highest BCUT2D eigenvalue weighted by Gasteiger charge is 2.27. The fourth-order valence-corrected chi connectivity index (χ4v) is 4.23. The molecule has 0 saturated carbocycles. The average molecular weight is 382 g/mol. The molecule has 0 aliphatic heterocycles. The summed E-state index contributed by atoms with van der Waals surface area (Å²) >= 11 is 0. The molecule has 0 saturated heterocycles. The molecule has 0 fully saturated rings. The maximum atomic E-state index is 13.1. The Hall–Kier alpha value is -2.49. The molecular weight excluding hydrogens is 350 g/mol. The third-order valence-electron chi connectivity index (χ3n) is 5.64. The molecule has 1 aliphatic carbocycles. The van der Waals surface area contributed by atoms with Crippen molar-refractivity contribution in [1.29, 1.82) is 0 Å². The normalized spacial score (nSPS) is 15.6. The van der Waals surface area contributed by atoms with E-state index in [-0.39, 0.29) is 5.91 Å². The van der Waals surface area contributed by atoms with Gasteiger partial charge in [0.25, 0.3) is 0 Å². The number of nitrogens with zero attached hydrogens (tertiary/aromatic N) is 1. The van der Waals surface area contributed by atoms with Crippen molar-refractivity contribution < 1.29 is 14.3 Å². The maximum Gasteiger partial charge on any atom is 0.223 e. The van der Waals surface area contributed by atoms with E-state index in [4.69, 9.17) is 9.47 Å². The van der Waals surface area contributed by atoms with Crippen LogP contribution in [0.25, 0.3) is 0 Å². The van der Waals surface area contributed by atoms with E-state index in [1.165, 1.54) is 11.1 Å². The van der Waals surface area contributed by atoms with Crippen molar-refractivity contribution in [3.8, 4) is 11.5 Å². The lowest BCUT2D eigenvalue weighted by molar-refractivity contribution is -0.133. The standard InChI is InChI=1S/C24H31NO3/c1-4-16-25(21-14-12-18-8-5-6-9-20(18)17-21)23(26)15-13-19-10-7-11-22(27-2)24(19)28-3/h5-11,21H,4,12-17H2,1-3H3. The maximum absolute atomic E-state index is 13.1. The van der Waals surface area contributed by atoms with Crippen LogP contribution < -0.4 is 9.47 Å². The van der Waals surface area contributed by atoms with Gasteiger partial charge in [-0.25, -0.2) is 0 Å². The Balaban J connectivity index is 1.69. The molecule has 0 bridgehead atoms. The summed E-state index contributed by atoms with van der Waals surface area (Å²) in [5, 5.41) is 0. The number of methoxy groups -OCH3 is 2. The van der Waals surface area contributed by atoms with Crippen molar-refractivity contribution in [2.24, 2.45) is 0 Å². The number of ether oxygens (including phenoxy) is 2. The van der Waals surface area contributed by atoms with E-state index in [0.717, 1.165) is 43.5 Å². The van der Waals surface area contributed by atoms with Gasteiger partial charge in [-0.15, -0.1) is 0 Å². The summed E-state index contributed by atoms with van der Waals surface area (Å²) in [5.41, 5.74) is 3.84. The highest BCUT2D eigenvalue weighted by atomic mass is 16.5. The Morgan fingerprint density at radius 2 is 1.86 bits per heavy atom. The molecule has 2 aromatic rings. The third-order valence-corrected chi connectivity index (χ3v) is 5.64. The molecule has 1 atom stereocenters. The Labute approximate surface area is 168 Å². The van der Waals surface area contributed by atoms with Crippen LogP contribution in [0.15, 0.2) is 42.5 Å². The molecule has 28 heavy (non-hydrogen) atoms. The van der Waals surface area contributed by atoms with Gasteiger partial charge in [0.1, 0.15) is 0 Å². The Kier molecular flexibility index (Phi) is 6.96. The van der Waals surface area contributed by atoms with Crippen LogP contribution in [0.5, 0.6) is 11.5 Å². The lowest BCUT2D eigenvalue weighted by atomic mass is 9.87. The van der Waals surface area contributed by atoms with Crippen molar-refractivity contribution in [1.82, 2.24) is 4.90 Å². The number of hydrogen-bond acceptors (Lipinski definition) is 3. The van der Waals surface area contributed by atoms with Crippen LogP contribution in [0, 0.1) is 0 Å². The van der Waals surface area contributed by atoms with Gasteiger partial charge in [-0.05, 0) is 54.9 Å². The number of amides is 1. The predicted molar refractivity (Wildman–Crippen MR) is 112 cm³/mol. The fourth-order valence-electron chi connectivity index (χ4n) is 4.23. The molecule has 0 heterocycles. The number of aryl methyl sites for hydroxylation is 2. The number of fused-ring (bicyclic) bond motifs is 1. The van der Waals surface area contributed by atoms with Gasteiger partial charge in [0.2, 0.25) is 5.91 Å². The summed E-state index contributed by atoms with van der Waals surface area (Å²) in [4.78, 5) is 15.2. The first-order valence-corrected chi connectivity index (χ1v) is 10.2. The van der Waals surface area contributed by atoms with Crippen LogP contribution >= 0.6 is 0 Å². The molecule has 1 amide bonds. The van der Waals surface area contributed by atoms with Crippen molar-refractivity contribution in [3.63, 3.8) is 0 Å². The second-order valence-electron chi connectivity index (χ2n) is 7.41. The monoisotopic (exact) mass is 381 g/mol.